The van der Waals surface area contributed by atoms with Crippen LogP contribution in [0.4, 0.5) is 0 Å². The zero-order valence-electron chi connectivity index (χ0n) is 14.3. The third kappa shape index (κ3) is 4.57. The van der Waals surface area contributed by atoms with Gasteiger partial charge in [-0.15, -0.1) is 0 Å². The number of carbonyl (C=O) groups excluding carboxylic acids is 2. The molecule has 1 amide bonds. The van der Waals surface area contributed by atoms with E-state index in [4.69, 9.17) is 25.8 Å². The van der Waals surface area contributed by atoms with Crippen LogP contribution in [0.5, 0.6) is 11.5 Å². The van der Waals surface area contributed by atoms with Crippen LogP contribution in [-0.2, 0) is 20.7 Å². The van der Waals surface area contributed by atoms with Crippen molar-refractivity contribution in [3.05, 3.63) is 22.7 Å². The summed E-state index contributed by atoms with van der Waals surface area (Å²) in [5, 5.41) is 0.401. The molecule has 1 saturated heterocycles. The number of rotatable bonds is 4. The fourth-order valence-electron chi connectivity index (χ4n) is 3.13. The summed E-state index contributed by atoms with van der Waals surface area (Å²) < 4.78 is 16.1. The molecule has 3 rings (SSSR count). The number of esters is 1. The SMILES string of the molecule is CC1CCCN(C(=O)COC(=O)Cc2cc(Cl)c3c(c2)OCCO3)C1. The number of piperidine rings is 1. The highest BCUT2D eigenvalue weighted by Gasteiger charge is 2.22. The van der Waals surface area contributed by atoms with Crippen molar-refractivity contribution in [1.29, 1.82) is 0 Å². The molecule has 0 spiro atoms. The van der Waals surface area contributed by atoms with Crippen LogP contribution in [0.2, 0.25) is 5.02 Å². The van der Waals surface area contributed by atoms with Crippen molar-refractivity contribution in [2.45, 2.75) is 26.2 Å². The van der Waals surface area contributed by atoms with Crippen LogP contribution >= 0.6 is 11.6 Å². The monoisotopic (exact) mass is 367 g/mol. The predicted octanol–water partition coefficient (Wildman–Crippen LogP) is 2.46. The van der Waals surface area contributed by atoms with Gasteiger partial charge in [0.15, 0.2) is 18.1 Å². The number of amides is 1. The first-order chi connectivity index (χ1) is 12.0. The first kappa shape index (κ1) is 17.9. The lowest BCUT2D eigenvalue weighted by atomic mass is 10.0. The van der Waals surface area contributed by atoms with E-state index in [9.17, 15) is 9.59 Å². The van der Waals surface area contributed by atoms with E-state index in [1.807, 2.05) is 0 Å². The number of hydrogen-bond donors (Lipinski definition) is 0. The van der Waals surface area contributed by atoms with Gasteiger partial charge < -0.3 is 19.1 Å². The van der Waals surface area contributed by atoms with E-state index in [1.54, 1.807) is 17.0 Å². The Morgan fingerprint density at radius 1 is 1.32 bits per heavy atom. The minimum Gasteiger partial charge on any atom is -0.486 e. The average Bonchev–Trinajstić information content (AvgIpc) is 2.60. The van der Waals surface area contributed by atoms with Crippen molar-refractivity contribution >= 4 is 23.5 Å². The maximum absolute atomic E-state index is 12.1. The lowest BCUT2D eigenvalue weighted by Crippen LogP contribution is -2.41. The van der Waals surface area contributed by atoms with E-state index in [0.29, 0.717) is 41.2 Å². The van der Waals surface area contributed by atoms with Gasteiger partial charge in [0.1, 0.15) is 13.2 Å². The molecule has 1 unspecified atom stereocenters. The second-order valence-electron chi connectivity index (χ2n) is 6.53. The number of likely N-dealkylation sites (tertiary alicyclic amines) is 1. The first-order valence-corrected chi connectivity index (χ1v) is 8.92. The van der Waals surface area contributed by atoms with Crippen LogP contribution in [0, 0.1) is 5.92 Å². The predicted molar refractivity (Wildman–Crippen MR) is 92.1 cm³/mol. The van der Waals surface area contributed by atoms with Crippen molar-refractivity contribution in [3.63, 3.8) is 0 Å². The Bertz CT molecular complexity index is 663. The van der Waals surface area contributed by atoms with Gasteiger partial charge in [-0.1, -0.05) is 18.5 Å². The number of carbonyl (C=O) groups is 2. The van der Waals surface area contributed by atoms with Gasteiger partial charge in [-0.2, -0.15) is 0 Å². The molecule has 0 radical (unpaired) electrons. The highest BCUT2D eigenvalue weighted by atomic mass is 35.5. The standard InChI is InChI=1S/C18H22ClNO5/c1-12-3-2-4-20(10-12)16(21)11-25-17(22)9-13-7-14(19)18-15(8-13)23-5-6-24-18/h7-8,12H,2-6,9-11H2,1H3. The lowest BCUT2D eigenvalue weighted by molar-refractivity contribution is -0.152. The Balaban J connectivity index is 1.52. The summed E-state index contributed by atoms with van der Waals surface area (Å²) >= 11 is 6.16. The molecule has 6 nitrogen and oxygen atoms in total. The zero-order valence-corrected chi connectivity index (χ0v) is 15.0. The summed E-state index contributed by atoms with van der Waals surface area (Å²) in [6, 6.07) is 3.38. The van der Waals surface area contributed by atoms with Gasteiger partial charge >= 0.3 is 5.97 Å². The number of benzene rings is 1. The maximum atomic E-state index is 12.1. The van der Waals surface area contributed by atoms with E-state index >= 15 is 0 Å². The molecular formula is C18H22ClNO5. The van der Waals surface area contributed by atoms with Crippen LogP contribution in [0.1, 0.15) is 25.3 Å². The van der Waals surface area contributed by atoms with Gasteiger partial charge in [0, 0.05) is 13.1 Å². The molecule has 0 N–H and O–H groups in total. The summed E-state index contributed by atoms with van der Waals surface area (Å²) in [7, 11) is 0. The van der Waals surface area contributed by atoms with Crippen LogP contribution in [0.25, 0.3) is 0 Å². The molecular weight excluding hydrogens is 346 g/mol. The van der Waals surface area contributed by atoms with E-state index in [-0.39, 0.29) is 18.9 Å². The molecule has 2 aliphatic rings. The highest BCUT2D eigenvalue weighted by molar-refractivity contribution is 6.32. The Hall–Kier alpha value is -1.95. The van der Waals surface area contributed by atoms with Gasteiger partial charge in [0.05, 0.1) is 11.4 Å². The molecule has 1 atom stereocenters. The second-order valence-corrected chi connectivity index (χ2v) is 6.93. The summed E-state index contributed by atoms with van der Waals surface area (Å²) in [6.07, 6.45) is 2.16. The van der Waals surface area contributed by atoms with E-state index in [1.165, 1.54) is 0 Å². The summed E-state index contributed by atoms with van der Waals surface area (Å²) in [5.41, 5.74) is 0.665. The van der Waals surface area contributed by atoms with Crippen molar-refractivity contribution in [1.82, 2.24) is 4.90 Å². The van der Waals surface area contributed by atoms with Gasteiger partial charge in [-0.3, -0.25) is 9.59 Å². The molecule has 7 heteroatoms. The largest absolute Gasteiger partial charge is 0.486 e. The van der Waals surface area contributed by atoms with Gasteiger partial charge in [0.2, 0.25) is 0 Å². The quantitative estimate of drug-likeness (QED) is 0.765. The van der Waals surface area contributed by atoms with E-state index in [2.05, 4.69) is 6.92 Å². The number of nitrogens with zero attached hydrogens (tertiary/aromatic N) is 1. The average molecular weight is 368 g/mol. The number of hydrogen-bond acceptors (Lipinski definition) is 5. The Morgan fingerprint density at radius 3 is 2.92 bits per heavy atom. The van der Waals surface area contributed by atoms with Crippen LogP contribution in [0.3, 0.4) is 0 Å². The number of ether oxygens (including phenoxy) is 3. The molecule has 2 heterocycles. The van der Waals surface area contributed by atoms with Gasteiger partial charge in [-0.05, 0) is 36.5 Å². The zero-order chi connectivity index (χ0) is 17.8. The molecule has 0 aliphatic carbocycles. The van der Waals surface area contributed by atoms with Crippen LogP contribution in [0.15, 0.2) is 12.1 Å². The molecule has 1 aromatic carbocycles. The Labute approximate surface area is 152 Å². The molecule has 0 bridgehead atoms. The first-order valence-electron chi connectivity index (χ1n) is 8.54. The third-order valence-electron chi connectivity index (χ3n) is 4.37. The summed E-state index contributed by atoms with van der Waals surface area (Å²) in [4.78, 5) is 25.9. The minimum atomic E-state index is -0.467. The van der Waals surface area contributed by atoms with Crippen molar-refractivity contribution in [2.75, 3.05) is 32.9 Å². The molecule has 0 saturated carbocycles. The fourth-order valence-corrected chi connectivity index (χ4v) is 3.42. The van der Waals surface area contributed by atoms with Crippen molar-refractivity contribution in [2.24, 2.45) is 5.92 Å². The van der Waals surface area contributed by atoms with E-state index in [0.717, 1.165) is 25.9 Å². The summed E-state index contributed by atoms with van der Waals surface area (Å²) in [6.45, 7) is 4.26. The molecule has 2 aliphatic heterocycles. The molecule has 1 fully saturated rings. The molecule has 0 aromatic heterocycles. The topological polar surface area (TPSA) is 65.1 Å². The van der Waals surface area contributed by atoms with Crippen LogP contribution < -0.4 is 9.47 Å². The number of halogens is 1. The molecule has 1 aromatic rings. The van der Waals surface area contributed by atoms with Crippen molar-refractivity contribution < 1.29 is 23.8 Å². The Morgan fingerprint density at radius 2 is 2.12 bits per heavy atom. The fraction of sp³-hybridized carbons (Fsp3) is 0.556. The van der Waals surface area contributed by atoms with Gasteiger partial charge in [0.25, 0.3) is 5.91 Å². The molecule has 136 valence electrons. The molecule has 25 heavy (non-hydrogen) atoms. The van der Waals surface area contributed by atoms with Crippen molar-refractivity contribution in [3.8, 4) is 11.5 Å². The van der Waals surface area contributed by atoms with Crippen LogP contribution in [-0.4, -0.2) is 49.7 Å². The second kappa shape index (κ2) is 7.95. The Kier molecular flexibility index (Phi) is 5.68. The van der Waals surface area contributed by atoms with E-state index < -0.39 is 5.97 Å². The van der Waals surface area contributed by atoms with Gasteiger partial charge in [-0.25, -0.2) is 0 Å². The lowest BCUT2D eigenvalue weighted by Gasteiger charge is -2.30. The maximum Gasteiger partial charge on any atom is 0.310 e. The third-order valence-corrected chi connectivity index (χ3v) is 4.65. The normalized spacial score (nSPS) is 19.4. The smallest absolute Gasteiger partial charge is 0.310 e. The highest BCUT2D eigenvalue weighted by Crippen LogP contribution is 2.38. The summed E-state index contributed by atoms with van der Waals surface area (Å²) in [5.74, 6) is 0.916. The minimum absolute atomic E-state index is 0.0278. The number of fused-ring (bicyclic) bond motifs is 1.